The second-order valence-electron chi connectivity index (χ2n) is 7.63. The molecule has 1 atom stereocenters. The number of ether oxygens (including phenoxy) is 5. The molecule has 1 heterocycles. The van der Waals surface area contributed by atoms with Gasteiger partial charge in [-0.15, -0.1) is 0 Å². The number of benzene rings is 3. The summed E-state index contributed by atoms with van der Waals surface area (Å²) < 4.78 is 28.2. The summed E-state index contributed by atoms with van der Waals surface area (Å²) in [7, 11) is 0. The van der Waals surface area contributed by atoms with Crippen molar-refractivity contribution in [2.75, 3.05) is 66.0 Å². The van der Waals surface area contributed by atoms with E-state index in [4.69, 9.17) is 28.7 Å². The lowest BCUT2D eigenvalue weighted by molar-refractivity contribution is -0.0412. The molecule has 4 rings (SSSR count). The summed E-state index contributed by atoms with van der Waals surface area (Å²) >= 11 is 0. The van der Waals surface area contributed by atoms with Crippen LogP contribution in [0.25, 0.3) is 21.5 Å². The summed E-state index contributed by atoms with van der Waals surface area (Å²) in [6.07, 6.45) is 1.83. The molecule has 0 amide bonds. The maximum absolute atomic E-state index is 5.99. The minimum atomic E-state index is -0.141. The summed E-state index contributed by atoms with van der Waals surface area (Å²) in [5.41, 5.74) is 1.13. The third kappa shape index (κ3) is 6.58. The summed E-state index contributed by atoms with van der Waals surface area (Å²) in [6, 6.07) is 19.1. The molecule has 1 unspecified atom stereocenters. The molecule has 0 N–H and O–H groups in total. The van der Waals surface area contributed by atoms with Gasteiger partial charge in [-0.3, -0.25) is 4.99 Å². The first-order chi connectivity index (χ1) is 15.9. The number of fused-ring (bicyclic) bond motifs is 2. The van der Waals surface area contributed by atoms with Gasteiger partial charge in [-0.2, -0.15) is 0 Å². The van der Waals surface area contributed by atoms with Crippen LogP contribution in [-0.4, -0.2) is 78.3 Å². The lowest BCUT2D eigenvalue weighted by Gasteiger charge is -2.16. The third-order valence-corrected chi connectivity index (χ3v) is 5.34. The van der Waals surface area contributed by atoms with Crippen molar-refractivity contribution in [1.82, 2.24) is 0 Å². The molecule has 1 aliphatic rings. The molecular weight excluding hydrogens is 406 g/mol. The van der Waals surface area contributed by atoms with Gasteiger partial charge in [-0.25, -0.2) is 0 Å². The van der Waals surface area contributed by atoms with E-state index < -0.39 is 0 Å². The molecule has 3 aromatic rings. The molecule has 170 valence electrons. The van der Waals surface area contributed by atoms with E-state index in [1.807, 2.05) is 6.21 Å². The third-order valence-electron chi connectivity index (χ3n) is 5.34. The summed E-state index contributed by atoms with van der Waals surface area (Å²) in [5.74, 6) is 0. The lowest BCUT2D eigenvalue weighted by Crippen LogP contribution is -2.26. The van der Waals surface area contributed by atoms with Crippen LogP contribution in [0.3, 0.4) is 0 Å². The second kappa shape index (κ2) is 12.6. The van der Waals surface area contributed by atoms with Crippen LogP contribution in [0.2, 0.25) is 0 Å². The highest BCUT2D eigenvalue weighted by molar-refractivity contribution is 6.13. The van der Waals surface area contributed by atoms with Crippen LogP contribution in [0.15, 0.2) is 59.6 Å². The molecule has 3 aromatic carbocycles. The fraction of sp³-hybridized carbons (Fsp3) is 0.423. The van der Waals surface area contributed by atoms with Gasteiger partial charge in [0.2, 0.25) is 0 Å². The number of aliphatic imine (C=N–C) groups is 1. The average Bonchev–Trinajstić information content (AvgIpc) is 2.84. The Labute approximate surface area is 189 Å². The van der Waals surface area contributed by atoms with Crippen molar-refractivity contribution in [2.24, 2.45) is 4.99 Å². The van der Waals surface area contributed by atoms with Gasteiger partial charge in [-0.05, 0) is 27.6 Å². The first kappa shape index (κ1) is 22.8. The molecule has 0 aliphatic carbocycles. The number of hydrogen-bond acceptors (Lipinski definition) is 6. The van der Waals surface area contributed by atoms with Gasteiger partial charge >= 0.3 is 0 Å². The maximum atomic E-state index is 5.99. The highest BCUT2D eigenvalue weighted by atomic mass is 16.6. The number of nitrogens with zero attached hydrogens (tertiary/aromatic N) is 1. The van der Waals surface area contributed by atoms with Crippen molar-refractivity contribution >= 4 is 27.8 Å². The highest BCUT2D eigenvalue weighted by Gasteiger charge is 2.10. The maximum Gasteiger partial charge on any atom is 0.100 e. The quantitative estimate of drug-likeness (QED) is 0.460. The number of rotatable bonds is 3. The van der Waals surface area contributed by atoms with Gasteiger partial charge in [-0.1, -0.05) is 48.5 Å². The molecule has 1 fully saturated rings. The summed E-state index contributed by atoms with van der Waals surface area (Å²) in [6.45, 7) is 5.31. The monoisotopic (exact) mass is 437 g/mol. The standard InChI is InChI=1S/C26H31NO5/c1-3-7-24-21(5-1)17-22-6-2-4-8-25(22)26(24)19-27-18-23-20-31-14-13-29-10-9-28-11-12-30-15-16-32-23/h1-8,17,19,23H,9-16,18,20H2. The van der Waals surface area contributed by atoms with Gasteiger partial charge in [0.25, 0.3) is 0 Å². The first-order valence-corrected chi connectivity index (χ1v) is 11.2. The zero-order chi connectivity index (χ0) is 21.8. The van der Waals surface area contributed by atoms with E-state index in [-0.39, 0.29) is 6.10 Å². The van der Waals surface area contributed by atoms with Crippen LogP contribution in [0.4, 0.5) is 0 Å². The van der Waals surface area contributed by atoms with E-state index in [0.717, 1.165) is 5.56 Å². The van der Waals surface area contributed by atoms with E-state index in [9.17, 15) is 0 Å². The summed E-state index contributed by atoms with van der Waals surface area (Å²) in [4.78, 5) is 4.76. The minimum absolute atomic E-state index is 0.141. The van der Waals surface area contributed by atoms with Crippen molar-refractivity contribution in [3.63, 3.8) is 0 Å². The topological polar surface area (TPSA) is 58.5 Å². The SMILES string of the molecule is C(=NCC1COCCOCCOCCOCCO1)c1c2ccccc2cc2ccccc12. The smallest absolute Gasteiger partial charge is 0.100 e. The van der Waals surface area contributed by atoms with Crippen LogP contribution < -0.4 is 0 Å². The molecule has 0 bridgehead atoms. The van der Waals surface area contributed by atoms with Crippen molar-refractivity contribution in [1.29, 1.82) is 0 Å². The van der Waals surface area contributed by atoms with Crippen molar-refractivity contribution < 1.29 is 23.7 Å². The van der Waals surface area contributed by atoms with Crippen LogP contribution in [0.1, 0.15) is 5.56 Å². The normalized spacial score (nSPS) is 20.3. The molecule has 0 radical (unpaired) electrons. The van der Waals surface area contributed by atoms with E-state index >= 15 is 0 Å². The van der Waals surface area contributed by atoms with Crippen LogP contribution in [0, 0.1) is 0 Å². The molecule has 0 aromatic heterocycles. The van der Waals surface area contributed by atoms with Gasteiger partial charge < -0.3 is 23.7 Å². The minimum Gasteiger partial charge on any atom is -0.377 e. The molecule has 6 heteroatoms. The predicted octanol–water partition coefficient (Wildman–Crippen LogP) is 3.88. The van der Waals surface area contributed by atoms with Gasteiger partial charge in [0, 0.05) is 11.8 Å². The molecule has 1 saturated heterocycles. The number of hydrogen-bond donors (Lipinski definition) is 0. The van der Waals surface area contributed by atoms with Crippen molar-refractivity contribution in [2.45, 2.75) is 6.10 Å². The van der Waals surface area contributed by atoms with Gasteiger partial charge in [0.1, 0.15) is 6.10 Å². The fourth-order valence-electron chi connectivity index (χ4n) is 3.75. The Hall–Kier alpha value is -2.35. The molecule has 32 heavy (non-hydrogen) atoms. The van der Waals surface area contributed by atoms with Crippen LogP contribution in [0.5, 0.6) is 0 Å². The van der Waals surface area contributed by atoms with Crippen LogP contribution >= 0.6 is 0 Å². The Bertz CT molecular complexity index is 936. The largest absolute Gasteiger partial charge is 0.377 e. The Balaban J connectivity index is 1.45. The van der Waals surface area contributed by atoms with Gasteiger partial charge in [0.05, 0.1) is 66.0 Å². The zero-order valence-corrected chi connectivity index (χ0v) is 18.4. The van der Waals surface area contributed by atoms with E-state index in [1.54, 1.807) is 0 Å². The van der Waals surface area contributed by atoms with E-state index in [0.29, 0.717) is 66.0 Å². The molecular formula is C26H31NO5. The van der Waals surface area contributed by atoms with Crippen molar-refractivity contribution in [3.8, 4) is 0 Å². The molecule has 1 aliphatic heterocycles. The van der Waals surface area contributed by atoms with Crippen LogP contribution in [-0.2, 0) is 23.7 Å². The molecule has 0 saturated carbocycles. The summed E-state index contributed by atoms with van der Waals surface area (Å²) in [5, 5.41) is 4.81. The predicted molar refractivity (Wildman–Crippen MR) is 127 cm³/mol. The fourth-order valence-corrected chi connectivity index (χ4v) is 3.75. The molecule has 0 spiro atoms. The average molecular weight is 438 g/mol. The van der Waals surface area contributed by atoms with Crippen molar-refractivity contribution in [3.05, 3.63) is 60.2 Å². The first-order valence-electron chi connectivity index (χ1n) is 11.2. The Morgan fingerprint density at radius 3 is 1.84 bits per heavy atom. The Morgan fingerprint density at radius 2 is 1.22 bits per heavy atom. The van der Waals surface area contributed by atoms with E-state index in [1.165, 1.54) is 21.5 Å². The lowest BCUT2D eigenvalue weighted by atomic mass is 9.97. The zero-order valence-electron chi connectivity index (χ0n) is 18.4. The second-order valence-corrected chi connectivity index (χ2v) is 7.63. The highest BCUT2D eigenvalue weighted by Crippen LogP contribution is 2.27. The van der Waals surface area contributed by atoms with Gasteiger partial charge in [0.15, 0.2) is 0 Å². The Morgan fingerprint density at radius 1 is 0.688 bits per heavy atom. The molecule has 6 nitrogen and oxygen atoms in total. The Kier molecular flexibility index (Phi) is 9.01. The van der Waals surface area contributed by atoms with E-state index in [2.05, 4.69) is 54.6 Å².